The van der Waals surface area contributed by atoms with Gasteiger partial charge in [0.2, 0.25) is 0 Å². The zero-order valence-corrected chi connectivity index (χ0v) is 11.9. The van der Waals surface area contributed by atoms with Gasteiger partial charge in [0.25, 0.3) is 0 Å². The van der Waals surface area contributed by atoms with Crippen LogP contribution >= 0.6 is 0 Å². The summed E-state index contributed by atoms with van der Waals surface area (Å²) in [5.41, 5.74) is -0.413. The third kappa shape index (κ3) is 4.54. The van der Waals surface area contributed by atoms with Gasteiger partial charge in [0, 0.05) is 25.2 Å². The van der Waals surface area contributed by atoms with Crippen LogP contribution in [-0.4, -0.2) is 41.8 Å². The Balaban J connectivity index is 2.51. The summed E-state index contributed by atoms with van der Waals surface area (Å²) in [6.45, 7) is 13.6. The predicted octanol–water partition coefficient (Wildman–Crippen LogP) is 2.24. The fourth-order valence-corrected chi connectivity index (χ4v) is 2.09. The van der Waals surface area contributed by atoms with E-state index < -0.39 is 5.60 Å². The Morgan fingerprint density at radius 2 is 1.94 bits per heavy atom. The molecule has 0 aliphatic carbocycles. The van der Waals surface area contributed by atoms with E-state index >= 15 is 0 Å². The molecular formula is C13H26N2O2. The molecule has 0 radical (unpaired) electrons. The fourth-order valence-electron chi connectivity index (χ4n) is 2.09. The van der Waals surface area contributed by atoms with Crippen LogP contribution in [-0.2, 0) is 4.74 Å². The fraction of sp³-hybridized carbons (Fsp3) is 0.923. The molecule has 1 aliphatic rings. The van der Waals surface area contributed by atoms with Crippen LogP contribution in [0.4, 0.5) is 4.79 Å². The van der Waals surface area contributed by atoms with Gasteiger partial charge in [-0.3, -0.25) is 0 Å². The number of ether oxygens (including phenoxy) is 1. The summed E-state index contributed by atoms with van der Waals surface area (Å²) in [6.07, 6.45) is -0.197. The monoisotopic (exact) mass is 242 g/mol. The molecule has 0 aromatic rings. The number of hydrogen-bond donors (Lipinski definition) is 1. The number of nitrogens with zero attached hydrogens (tertiary/aromatic N) is 1. The van der Waals surface area contributed by atoms with Crippen molar-refractivity contribution < 1.29 is 9.53 Å². The number of amides is 1. The molecule has 0 unspecified atom stereocenters. The summed E-state index contributed by atoms with van der Waals surface area (Å²) in [7, 11) is 0. The van der Waals surface area contributed by atoms with Crippen molar-refractivity contribution in [2.24, 2.45) is 5.92 Å². The highest BCUT2D eigenvalue weighted by atomic mass is 16.6. The van der Waals surface area contributed by atoms with Gasteiger partial charge in [-0.05, 0) is 26.7 Å². The van der Waals surface area contributed by atoms with Crippen LogP contribution in [0.1, 0.15) is 41.5 Å². The molecule has 0 aromatic carbocycles. The number of hydrogen-bond acceptors (Lipinski definition) is 3. The standard InChI is InChI=1S/C13H26N2O2/c1-9(2)14-11-8-15(7-10(11)3)12(16)17-13(4,5)6/h9-11,14H,7-8H2,1-6H3/t10-,11-/m1/s1. The highest BCUT2D eigenvalue weighted by Crippen LogP contribution is 2.19. The molecule has 0 saturated carbocycles. The smallest absolute Gasteiger partial charge is 0.410 e. The maximum atomic E-state index is 11.9. The van der Waals surface area contributed by atoms with E-state index in [2.05, 4.69) is 26.1 Å². The minimum absolute atomic E-state index is 0.197. The van der Waals surface area contributed by atoms with Crippen molar-refractivity contribution in [1.82, 2.24) is 10.2 Å². The summed E-state index contributed by atoms with van der Waals surface area (Å²) in [4.78, 5) is 13.7. The quantitative estimate of drug-likeness (QED) is 0.807. The van der Waals surface area contributed by atoms with E-state index in [0.717, 1.165) is 13.1 Å². The van der Waals surface area contributed by atoms with Gasteiger partial charge in [-0.25, -0.2) is 4.79 Å². The van der Waals surface area contributed by atoms with Crippen LogP contribution in [0.25, 0.3) is 0 Å². The maximum Gasteiger partial charge on any atom is 0.410 e. The number of rotatable bonds is 2. The molecule has 1 fully saturated rings. The molecule has 2 atom stereocenters. The largest absolute Gasteiger partial charge is 0.444 e. The van der Waals surface area contributed by atoms with Crippen molar-refractivity contribution in [2.75, 3.05) is 13.1 Å². The van der Waals surface area contributed by atoms with Crippen molar-refractivity contribution in [3.05, 3.63) is 0 Å². The summed E-state index contributed by atoms with van der Waals surface area (Å²) in [5, 5.41) is 3.49. The molecular weight excluding hydrogens is 216 g/mol. The van der Waals surface area contributed by atoms with Crippen molar-refractivity contribution in [3.8, 4) is 0 Å². The molecule has 1 aliphatic heterocycles. The van der Waals surface area contributed by atoms with Gasteiger partial charge < -0.3 is 15.0 Å². The highest BCUT2D eigenvalue weighted by Gasteiger charge is 2.34. The predicted molar refractivity (Wildman–Crippen MR) is 69.0 cm³/mol. The van der Waals surface area contributed by atoms with Crippen LogP contribution in [0, 0.1) is 5.92 Å². The average molecular weight is 242 g/mol. The Bertz CT molecular complexity index is 271. The minimum Gasteiger partial charge on any atom is -0.444 e. The Labute approximate surface area is 105 Å². The van der Waals surface area contributed by atoms with Gasteiger partial charge in [0.05, 0.1) is 0 Å². The zero-order chi connectivity index (χ0) is 13.2. The number of carbonyl (C=O) groups excluding carboxylic acids is 1. The SMILES string of the molecule is CC(C)N[C@@H]1CN(C(=O)OC(C)(C)C)C[C@H]1C. The molecule has 1 heterocycles. The van der Waals surface area contributed by atoms with Gasteiger partial charge in [0.15, 0.2) is 0 Å². The van der Waals surface area contributed by atoms with Crippen molar-refractivity contribution in [2.45, 2.75) is 59.2 Å². The van der Waals surface area contributed by atoms with Crippen molar-refractivity contribution >= 4 is 6.09 Å². The van der Waals surface area contributed by atoms with Gasteiger partial charge in [-0.15, -0.1) is 0 Å². The van der Waals surface area contributed by atoms with E-state index in [4.69, 9.17) is 4.74 Å². The van der Waals surface area contributed by atoms with E-state index in [0.29, 0.717) is 18.0 Å². The molecule has 1 saturated heterocycles. The van der Waals surface area contributed by atoms with Crippen molar-refractivity contribution in [1.29, 1.82) is 0 Å². The molecule has 100 valence electrons. The summed E-state index contributed by atoms with van der Waals surface area (Å²) < 4.78 is 5.38. The maximum absolute atomic E-state index is 11.9. The van der Waals surface area contributed by atoms with E-state index in [1.54, 1.807) is 4.90 Å². The lowest BCUT2D eigenvalue weighted by molar-refractivity contribution is 0.0286. The molecule has 0 spiro atoms. The van der Waals surface area contributed by atoms with Crippen LogP contribution in [0.15, 0.2) is 0 Å². The Hall–Kier alpha value is -0.770. The Morgan fingerprint density at radius 3 is 2.41 bits per heavy atom. The van der Waals surface area contributed by atoms with E-state index in [-0.39, 0.29) is 6.09 Å². The van der Waals surface area contributed by atoms with Crippen LogP contribution in [0.5, 0.6) is 0 Å². The van der Waals surface area contributed by atoms with Gasteiger partial charge in [0.1, 0.15) is 5.60 Å². The molecule has 4 heteroatoms. The normalized spacial score (nSPS) is 25.5. The molecule has 1 N–H and O–H groups in total. The number of carbonyl (C=O) groups is 1. The first kappa shape index (κ1) is 14.3. The van der Waals surface area contributed by atoms with E-state index in [1.807, 2.05) is 20.8 Å². The molecule has 1 rings (SSSR count). The third-order valence-electron chi connectivity index (χ3n) is 2.81. The van der Waals surface area contributed by atoms with Crippen molar-refractivity contribution in [3.63, 3.8) is 0 Å². The summed E-state index contributed by atoms with van der Waals surface area (Å²) in [6, 6.07) is 0.823. The minimum atomic E-state index is -0.413. The van der Waals surface area contributed by atoms with Gasteiger partial charge in [-0.1, -0.05) is 20.8 Å². The molecule has 4 nitrogen and oxygen atoms in total. The van der Waals surface area contributed by atoms with Crippen LogP contribution < -0.4 is 5.32 Å². The number of nitrogens with one attached hydrogen (secondary N) is 1. The number of likely N-dealkylation sites (tertiary alicyclic amines) is 1. The summed E-state index contributed by atoms with van der Waals surface area (Å²) >= 11 is 0. The van der Waals surface area contributed by atoms with Gasteiger partial charge in [-0.2, -0.15) is 0 Å². The zero-order valence-electron chi connectivity index (χ0n) is 11.9. The second-order valence-electron chi connectivity index (χ2n) is 6.29. The van der Waals surface area contributed by atoms with Crippen LogP contribution in [0.2, 0.25) is 0 Å². The van der Waals surface area contributed by atoms with Gasteiger partial charge >= 0.3 is 6.09 Å². The first-order valence-corrected chi connectivity index (χ1v) is 6.43. The molecule has 0 aromatic heterocycles. The first-order chi connectivity index (χ1) is 7.69. The topological polar surface area (TPSA) is 41.6 Å². The lowest BCUT2D eigenvalue weighted by Crippen LogP contribution is -2.41. The molecule has 1 amide bonds. The van der Waals surface area contributed by atoms with E-state index in [9.17, 15) is 4.79 Å². The Morgan fingerprint density at radius 1 is 1.35 bits per heavy atom. The summed E-state index contributed by atoms with van der Waals surface area (Å²) in [5.74, 6) is 0.477. The third-order valence-corrected chi connectivity index (χ3v) is 2.81. The second kappa shape index (κ2) is 5.25. The molecule has 17 heavy (non-hydrogen) atoms. The first-order valence-electron chi connectivity index (χ1n) is 6.43. The molecule has 0 bridgehead atoms. The van der Waals surface area contributed by atoms with Crippen LogP contribution in [0.3, 0.4) is 0 Å². The Kier molecular flexibility index (Phi) is 4.42. The van der Waals surface area contributed by atoms with E-state index in [1.165, 1.54) is 0 Å². The average Bonchev–Trinajstić information content (AvgIpc) is 2.44. The second-order valence-corrected chi connectivity index (χ2v) is 6.29. The highest BCUT2D eigenvalue weighted by molar-refractivity contribution is 5.68. The lowest BCUT2D eigenvalue weighted by Gasteiger charge is -2.24. The lowest BCUT2D eigenvalue weighted by atomic mass is 10.1.